The number of ether oxygens (including phenoxy) is 2. The molecule has 6 nitrogen and oxygen atoms in total. The van der Waals surface area contributed by atoms with Crippen molar-refractivity contribution < 1.29 is 22.7 Å². The standard InChI is InChI=1S/C19H23NO5S/c1-14(2)13-25-19(21)15-9-11-16(12-10-15)26(22,23)20(3)17-7-5-6-8-18(17)24-4/h5-12,14H,13H2,1-4H3. The Morgan fingerprint density at radius 3 is 2.27 bits per heavy atom. The fraction of sp³-hybridized carbons (Fsp3) is 0.316. The summed E-state index contributed by atoms with van der Waals surface area (Å²) in [5.41, 5.74) is 0.736. The van der Waals surface area contributed by atoms with Crippen molar-refractivity contribution in [2.45, 2.75) is 18.7 Å². The third kappa shape index (κ3) is 4.35. The van der Waals surface area contributed by atoms with Crippen molar-refractivity contribution in [3.8, 4) is 5.75 Å². The number of rotatable bonds is 7. The second-order valence-electron chi connectivity index (χ2n) is 6.16. The third-order valence-electron chi connectivity index (χ3n) is 3.72. The molecule has 0 amide bonds. The predicted molar refractivity (Wildman–Crippen MR) is 100 cm³/mol. The molecule has 0 aliphatic rings. The number of esters is 1. The van der Waals surface area contributed by atoms with Crippen LogP contribution in [0.4, 0.5) is 5.69 Å². The van der Waals surface area contributed by atoms with Crippen LogP contribution in [0.5, 0.6) is 5.75 Å². The monoisotopic (exact) mass is 377 g/mol. The molecule has 0 heterocycles. The van der Waals surface area contributed by atoms with Gasteiger partial charge >= 0.3 is 5.97 Å². The molecule has 0 radical (unpaired) electrons. The molecule has 0 aliphatic heterocycles. The first-order valence-electron chi connectivity index (χ1n) is 8.16. The van der Waals surface area contributed by atoms with Gasteiger partial charge in [0.1, 0.15) is 5.75 Å². The minimum Gasteiger partial charge on any atom is -0.495 e. The van der Waals surface area contributed by atoms with Gasteiger partial charge in [-0.3, -0.25) is 4.31 Å². The molecule has 0 fully saturated rings. The van der Waals surface area contributed by atoms with Crippen molar-refractivity contribution in [3.63, 3.8) is 0 Å². The highest BCUT2D eigenvalue weighted by molar-refractivity contribution is 7.92. The van der Waals surface area contributed by atoms with Gasteiger partial charge in [0.15, 0.2) is 0 Å². The Balaban J connectivity index is 2.25. The number of hydrogen-bond donors (Lipinski definition) is 0. The van der Waals surface area contributed by atoms with Gasteiger partial charge < -0.3 is 9.47 Å². The Morgan fingerprint density at radius 2 is 1.69 bits per heavy atom. The first-order chi connectivity index (χ1) is 12.3. The molecule has 26 heavy (non-hydrogen) atoms. The molecule has 0 saturated carbocycles. The van der Waals surface area contributed by atoms with E-state index in [1.807, 2.05) is 13.8 Å². The topological polar surface area (TPSA) is 72.9 Å². The molecular weight excluding hydrogens is 354 g/mol. The molecule has 0 aliphatic carbocycles. The lowest BCUT2D eigenvalue weighted by molar-refractivity contribution is 0.0459. The van der Waals surface area contributed by atoms with Crippen LogP contribution < -0.4 is 9.04 Å². The number of benzene rings is 2. The number of methoxy groups -OCH3 is 1. The number of sulfonamides is 1. The maximum atomic E-state index is 12.9. The molecule has 2 aromatic carbocycles. The van der Waals surface area contributed by atoms with Gasteiger partial charge in [0.2, 0.25) is 0 Å². The van der Waals surface area contributed by atoms with E-state index in [9.17, 15) is 13.2 Å². The second kappa shape index (κ2) is 8.23. The molecular formula is C19H23NO5S. The summed E-state index contributed by atoms with van der Waals surface area (Å²) in [6, 6.07) is 12.5. The van der Waals surface area contributed by atoms with Gasteiger partial charge in [0.05, 0.1) is 29.9 Å². The maximum absolute atomic E-state index is 12.9. The summed E-state index contributed by atoms with van der Waals surface area (Å²) in [4.78, 5) is 12.0. The Bertz CT molecular complexity index is 860. The zero-order valence-electron chi connectivity index (χ0n) is 15.3. The minimum atomic E-state index is -3.79. The molecule has 2 rings (SSSR count). The van der Waals surface area contributed by atoms with Gasteiger partial charge in [-0.25, -0.2) is 13.2 Å². The summed E-state index contributed by atoms with van der Waals surface area (Å²) >= 11 is 0. The number of hydrogen-bond acceptors (Lipinski definition) is 5. The second-order valence-corrected chi connectivity index (χ2v) is 8.13. The Hall–Kier alpha value is -2.54. The van der Waals surface area contributed by atoms with Gasteiger partial charge in [-0.2, -0.15) is 0 Å². The largest absolute Gasteiger partial charge is 0.495 e. The fourth-order valence-corrected chi connectivity index (χ4v) is 3.47. The summed E-state index contributed by atoms with van der Waals surface area (Å²) in [6.45, 7) is 4.20. The van der Waals surface area contributed by atoms with Crippen LogP contribution >= 0.6 is 0 Å². The van der Waals surface area contributed by atoms with E-state index in [0.717, 1.165) is 4.31 Å². The van der Waals surface area contributed by atoms with Crippen LogP contribution in [0.25, 0.3) is 0 Å². The molecule has 0 N–H and O–H groups in total. The number of para-hydroxylation sites is 2. The van der Waals surface area contributed by atoms with Crippen molar-refractivity contribution in [1.82, 2.24) is 0 Å². The highest BCUT2D eigenvalue weighted by atomic mass is 32.2. The van der Waals surface area contributed by atoms with Crippen LogP contribution in [0.15, 0.2) is 53.4 Å². The lowest BCUT2D eigenvalue weighted by atomic mass is 10.2. The lowest BCUT2D eigenvalue weighted by Gasteiger charge is -2.21. The summed E-state index contributed by atoms with van der Waals surface area (Å²) in [5, 5.41) is 0. The maximum Gasteiger partial charge on any atom is 0.338 e. The normalized spacial score (nSPS) is 11.3. The molecule has 0 bridgehead atoms. The van der Waals surface area contributed by atoms with Gasteiger partial charge in [-0.15, -0.1) is 0 Å². The quantitative estimate of drug-likeness (QED) is 0.692. The van der Waals surface area contributed by atoms with E-state index >= 15 is 0 Å². The van der Waals surface area contributed by atoms with Gasteiger partial charge in [-0.1, -0.05) is 26.0 Å². The van der Waals surface area contributed by atoms with E-state index in [1.165, 1.54) is 38.4 Å². The van der Waals surface area contributed by atoms with E-state index in [1.54, 1.807) is 24.3 Å². The van der Waals surface area contributed by atoms with Crippen LogP contribution in [-0.4, -0.2) is 35.2 Å². The Labute approximate surface area is 154 Å². The molecule has 7 heteroatoms. The summed E-state index contributed by atoms with van der Waals surface area (Å²) < 4.78 is 37.2. The molecule has 0 saturated heterocycles. The number of carbonyl (C=O) groups excluding carboxylic acids is 1. The Morgan fingerprint density at radius 1 is 1.08 bits per heavy atom. The van der Waals surface area contributed by atoms with Gasteiger partial charge in [0.25, 0.3) is 10.0 Å². The van der Waals surface area contributed by atoms with Crippen molar-refractivity contribution >= 4 is 21.7 Å². The van der Waals surface area contributed by atoms with Gasteiger partial charge in [0, 0.05) is 7.05 Å². The highest BCUT2D eigenvalue weighted by Gasteiger charge is 2.24. The van der Waals surface area contributed by atoms with Gasteiger partial charge in [-0.05, 0) is 42.3 Å². The van der Waals surface area contributed by atoms with Crippen molar-refractivity contribution in [2.24, 2.45) is 5.92 Å². The third-order valence-corrected chi connectivity index (χ3v) is 5.51. The number of nitrogens with zero attached hydrogens (tertiary/aromatic N) is 1. The van der Waals surface area contributed by atoms with Crippen molar-refractivity contribution in [1.29, 1.82) is 0 Å². The van der Waals surface area contributed by atoms with Crippen molar-refractivity contribution in [2.75, 3.05) is 25.1 Å². The summed E-state index contributed by atoms with van der Waals surface area (Å²) in [7, 11) is -0.852. The average Bonchev–Trinajstić information content (AvgIpc) is 2.65. The smallest absolute Gasteiger partial charge is 0.338 e. The van der Waals surface area contributed by atoms with Crippen LogP contribution in [0.3, 0.4) is 0 Å². The van der Waals surface area contributed by atoms with Crippen LogP contribution in [0.2, 0.25) is 0 Å². The summed E-state index contributed by atoms with van der Waals surface area (Å²) in [6.07, 6.45) is 0. The summed E-state index contributed by atoms with van der Waals surface area (Å²) in [5.74, 6) is 0.210. The van der Waals surface area contributed by atoms with Crippen LogP contribution in [0, 0.1) is 5.92 Å². The van der Waals surface area contributed by atoms with E-state index in [2.05, 4.69) is 0 Å². The first-order valence-corrected chi connectivity index (χ1v) is 9.60. The van der Waals surface area contributed by atoms with E-state index in [-0.39, 0.29) is 10.8 Å². The van der Waals surface area contributed by atoms with E-state index in [4.69, 9.17) is 9.47 Å². The molecule has 0 atom stereocenters. The fourth-order valence-electron chi connectivity index (χ4n) is 2.27. The van der Waals surface area contributed by atoms with E-state index in [0.29, 0.717) is 23.6 Å². The molecule has 0 unspecified atom stereocenters. The SMILES string of the molecule is COc1ccccc1N(C)S(=O)(=O)c1ccc(C(=O)OCC(C)C)cc1. The number of carbonyl (C=O) groups is 1. The minimum absolute atomic E-state index is 0.0753. The van der Waals surface area contributed by atoms with Crippen LogP contribution in [0.1, 0.15) is 24.2 Å². The molecule has 0 aromatic heterocycles. The molecule has 0 spiro atoms. The zero-order chi connectivity index (χ0) is 19.3. The number of anilines is 1. The first kappa shape index (κ1) is 19.8. The average molecular weight is 377 g/mol. The van der Waals surface area contributed by atoms with E-state index < -0.39 is 16.0 Å². The zero-order valence-corrected chi connectivity index (χ0v) is 16.1. The molecule has 2 aromatic rings. The highest BCUT2D eigenvalue weighted by Crippen LogP contribution is 2.30. The lowest BCUT2D eigenvalue weighted by Crippen LogP contribution is -2.27. The van der Waals surface area contributed by atoms with Crippen molar-refractivity contribution in [3.05, 3.63) is 54.1 Å². The van der Waals surface area contributed by atoms with Crippen LogP contribution in [-0.2, 0) is 14.8 Å². The Kier molecular flexibility index (Phi) is 6.26. The molecule has 140 valence electrons. The predicted octanol–water partition coefficient (Wildman–Crippen LogP) is 3.33.